The number of hydrogen-bond donors (Lipinski definition) is 0. The first-order valence-corrected chi connectivity index (χ1v) is 3.58. The minimum absolute atomic E-state index is 0. The summed E-state index contributed by atoms with van der Waals surface area (Å²) in [6.07, 6.45) is 1.05. The fourth-order valence-electron chi connectivity index (χ4n) is 0.499. The van der Waals surface area contributed by atoms with Gasteiger partial charge in [0, 0.05) is 6.42 Å². The van der Waals surface area contributed by atoms with Crippen LogP contribution >= 0.6 is 0 Å². The standard InChI is InChI=1S/C9H16.2CH4/c1-5-6-7-9(4)8(2)3;;/h8-9H,7H2,1-4H3;2*1H4. The van der Waals surface area contributed by atoms with Crippen molar-refractivity contribution < 1.29 is 0 Å². The molecule has 0 saturated carbocycles. The molecule has 0 heterocycles. The third kappa shape index (κ3) is 9.56. The highest BCUT2D eigenvalue weighted by Crippen LogP contribution is 2.12. The van der Waals surface area contributed by atoms with Gasteiger partial charge < -0.3 is 0 Å². The lowest BCUT2D eigenvalue weighted by molar-refractivity contribution is 0.429. The molecule has 0 aromatic rings. The molecule has 1 unspecified atom stereocenters. The Morgan fingerprint density at radius 1 is 1.09 bits per heavy atom. The molecule has 1 atom stereocenters. The molecule has 0 aromatic heterocycles. The summed E-state index contributed by atoms with van der Waals surface area (Å²) >= 11 is 0. The monoisotopic (exact) mass is 156 g/mol. The van der Waals surface area contributed by atoms with E-state index in [1.54, 1.807) is 0 Å². The molecule has 0 heteroatoms. The van der Waals surface area contributed by atoms with Crippen molar-refractivity contribution in [3.05, 3.63) is 0 Å². The summed E-state index contributed by atoms with van der Waals surface area (Å²) in [5.41, 5.74) is 0. The van der Waals surface area contributed by atoms with E-state index in [0.29, 0.717) is 0 Å². The fourth-order valence-corrected chi connectivity index (χ4v) is 0.499. The van der Waals surface area contributed by atoms with E-state index >= 15 is 0 Å². The van der Waals surface area contributed by atoms with Crippen LogP contribution in [0.5, 0.6) is 0 Å². The van der Waals surface area contributed by atoms with Crippen LogP contribution in [0.4, 0.5) is 0 Å². The highest BCUT2D eigenvalue weighted by atomic mass is 14.1. The topological polar surface area (TPSA) is 0 Å². The van der Waals surface area contributed by atoms with Crippen LogP contribution in [0.1, 0.15) is 49.0 Å². The van der Waals surface area contributed by atoms with Crippen molar-refractivity contribution >= 4 is 0 Å². The second-order valence-corrected chi connectivity index (χ2v) is 2.85. The van der Waals surface area contributed by atoms with Crippen molar-refractivity contribution in [3.63, 3.8) is 0 Å². The van der Waals surface area contributed by atoms with Crippen LogP contribution in [0.2, 0.25) is 0 Å². The zero-order chi connectivity index (χ0) is 7.28. The van der Waals surface area contributed by atoms with Crippen LogP contribution in [-0.2, 0) is 0 Å². The molecule has 68 valence electrons. The third-order valence-corrected chi connectivity index (χ3v) is 1.74. The van der Waals surface area contributed by atoms with Gasteiger partial charge in [-0.05, 0) is 18.8 Å². The lowest BCUT2D eigenvalue weighted by Crippen LogP contribution is -2.01. The van der Waals surface area contributed by atoms with Gasteiger partial charge in [0.25, 0.3) is 0 Å². The largest absolute Gasteiger partial charge is 0.107 e. The first-order valence-electron chi connectivity index (χ1n) is 3.58. The van der Waals surface area contributed by atoms with Gasteiger partial charge in [0.15, 0.2) is 0 Å². The van der Waals surface area contributed by atoms with Crippen LogP contribution in [0.15, 0.2) is 0 Å². The average molecular weight is 156 g/mol. The van der Waals surface area contributed by atoms with Gasteiger partial charge in [-0.1, -0.05) is 35.6 Å². The molecule has 0 radical (unpaired) electrons. The second kappa shape index (κ2) is 9.56. The van der Waals surface area contributed by atoms with Crippen molar-refractivity contribution in [3.8, 4) is 11.8 Å². The second-order valence-electron chi connectivity index (χ2n) is 2.85. The van der Waals surface area contributed by atoms with Crippen LogP contribution in [0.25, 0.3) is 0 Å². The Morgan fingerprint density at radius 2 is 1.55 bits per heavy atom. The molecule has 0 saturated heterocycles. The van der Waals surface area contributed by atoms with Gasteiger partial charge in [-0.25, -0.2) is 0 Å². The van der Waals surface area contributed by atoms with Crippen LogP contribution in [0, 0.1) is 23.7 Å². The zero-order valence-corrected chi connectivity index (χ0v) is 6.86. The summed E-state index contributed by atoms with van der Waals surface area (Å²) in [5, 5.41) is 0. The SMILES string of the molecule is C.C.CC#CCC(C)C(C)C. The smallest absolute Gasteiger partial charge is 0.0117 e. The predicted molar refractivity (Wildman–Crippen MR) is 55.5 cm³/mol. The quantitative estimate of drug-likeness (QED) is 0.531. The lowest BCUT2D eigenvalue weighted by atomic mass is 9.95. The first-order chi connectivity index (χ1) is 4.18. The van der Waals surface area contributed by atoms with Crippen molar-refractivity contribution in [1.82, 2.24) is 0 Å². The minimum atomic E-state index is 0. The molecule has 0 aliphatic carbocycles. The van der Waals surface area contributed by atoms with Gasteiger partial charge in [0.05, 0.1) is 0 Å². The zero-order valence-electron chi connectivity index (χ0n) is 6.86. The molecule has 0 aromatic carbocycles. The van der Waals surface area contributed by atoms with Crippen LogP contribution in [0.3, 0.4) is 0 Å². The summed E-state index contributed by atoms with van der Waals surface area (Å²) in [6, 6.07) is 0. The molecule has 11 heavy (non-hydrogen) atoms. The molecular weight excluding hydrogens is 132 g/mol. The van der Waals surface area contributed by atoms with E-state index < -0.39 is 0 Å². The average Bonchev–Trinajstić information content (AvgIpc) is 1.82. The van der Waals surface area contributed by atoms with Crippen LogP contribution < -0.4 is 0 Å². The van der Waals surface area contributed by atoms with Gasteiger partial charge in [0.1, 0.15) is 0 Å². The number of rotatable bonds is 2. The van der Waals surface area contributed by atoms with Crippen molar-refractivity contribution in [2.75, 3.05) is 0 Å². The highest BCUT2D eigenvalue weighted by Gasteiger charge is 2.03. The lowest BCUT2D eigenvalue weighted by Gasteiger charge is -2.10. The predicted octanol–water partition coefficient (Wildman–Crippen LogP) is 3.96. The van der Waals surface area contributed by atoms with E-state index in [9.17, 15) is 0 Å². The summed E-state index contributed by atoms with van der Waals surface area (Å²) < 4.78 is 0. The number of hydrogen-bond acceptors (Lipinski definition) is 0. The first kappa shape index (κ1) is 16.9. The van der Waals surface area contributed by atoms with E-state index in [0.717, 1.165) is 18.3 Å². The summed E-state index contributed by atoms with van der Waals surface area (Å²) in [4.78, 5) is 0. The van der Waals surface area contributed by atoms with E-state index in [2.05, 4.69) is 32.6 Å². The summed E-state index contributed by atoms with van der Waals surface area (Å²) in [6.45, 7) is 8.62. The Bertz CT molecular complexity index is 112. The maximum atomic E-state index is 3.08. The molecule has 0 N–H and O–H groups in total. The minimum Gasteiger partial charge on any atom is -0.107 e. The van der Waals surface area contributed by atoms with Gasteiger partial charge in [-0.3, -0.25) is 0 Å². The van der Waals surface area contributed by atoms with Crippen molar-refractivity contribution in [1.29, 1.82) is 0 Å². The van der Waals surface area contributed by atoms with E-state index in [-0.39, 0.29) is 14.9 Å². The Kier molecular flexibility index (Phi) is 14.7. The molecule has 0 fully saturated rings. The molecule has 0 aliphatic rings. The molecule has 0 bridgehead atoms. The Morgan fingerprint density at radius 3 is 1.82 bits per heavy atom. The van der Waals surface area contributed by atoms with Gasteiger partial charge in [-0.15, -0.1) is 11.8 Å². The summed E-state index contributed by atoms with van der Waals surface area (Å²) in [7, 11) is 0. The maximum Gasteiger partial charge on any atom is 0.0117 e. The van der Waals surface area contributed by atoms with Crippen molar-refractivity contribution in [2.24, 2.45) is 11.8 Å². The Hall–Kier alpha value is -0.440. The Labute approximate surface area is 73.4 Å². The normalized spacial score (nSPS) is 10.3. The Balaban J connectivity index is -0.000000320. The van der Waals surface area contributed by atoms with Crippen LogP contribution in [-0.4, -0.2) is 0 Å². The maximum absolute atomic E-state index is 3.08. The molecule has 0 amide bonds. The molecule has 0 spiro atoms. The van der Waals surface area contributed by atoms with E-state index in [4.69, 9.17) is 0 Å². The van der Waals surface area contributed by atoms with E-state index in [1.165, 1.54) is 0 Å². The third-order valence-electron chi connectivity index (χ3n) is 1.74. The van der Waals surface area contributed by atoms with Gasteiger partial charge in [-0.2, -0.15) is 0 Å². The molecule has 0 rings (SSSR count). The molecule has 0 nitrogen and oxygen atoms in total. The molecule has 0 aliphatic heterocycles. The summed E-state index contributed by atoms with van der Waals surface area (Å²) in [5.74, 6) is 7.50. The highest BCUT2D eigenvalue weighted by molar-refractivity contribution is 4.96. The van der Waals surface area contributed by atoms with Gasteiger partial charge >= 0.3 is 0 Å². The van der Waals surface area contributed by atoms with Crippen molar-refractivity contribution in [2.45, 2.75) is 49.0 Å². The molecular formula is C11H24. The van der Waals surface area contributed by atoms with E-state index in [1.807, 2.05) is 6.92 Å². The fraction of sp³-hybridized carbons (Fsp3) is 0.818. The van der Waals surface area contributed by atoms with Gasteiger partial charge in [0.2, 0.25) is 0 Å².